The molecule has 1 heterocycles. The van der Waals surface area contributed by atoms with Crippen molar-refractivity contribution in [3.8, 4) is 0 Å². The number of carboxylic acid groups (broad SMARTS) is 1. The van der Waals surface area contributed by atoms with E-state index in [0.717, 1.165) is 29.9 Å². The SMILES string of the molecule is CN(CC1CCCCC1)c1ccc(/C=C/C(=O)O)cn1. The predicted molar refractivity (Wildman–Crippen MR) is 80.8 cm³/mol. The number of carboxylic acids is 1. The van der Waals surface area contributed by atoms with Crippen LogP contribution in [-0.2, 0) is 4.79 Å². The van der Waals surface area contributed by atoms with Gasteiger partial charge in [0.25, 0.3) is 0 Å². The molecule has 0 bridgehead atoms. The molecule has 4 nitrogen and oxygen atoms in total. The molecule has 20 heavy (non-hydrogen) atoms. The summed E-state index contributed by atoms with van der Waals surface area (Å²) >= 11 is 0. The Morgan fingerprint density at radius 2 is 2.15 bits per heavy atom. The quantitative estimate of drug-likeness (QED) is 0.838. The lowest BCUT2D eigenvalue weighted by Gasteiger charge is -2.27. The van der Waals surface area contributed by atoms with Gasteiger partial charge < -0.3 is 10.0 Å². The second kappa shape index (κ2) is 7.08. The lowest BCUT2D eigenvalue weighted by molar-refractivity contribution is -0.131. The van der Waals surface area contributed by atoms with Gasteiger partial charge in [-0.1, -0.05) is 19.3 Å². The lowest BCUT2D eigenvalue weighted by Crippen LogP contribution is -2.27. The maximum Gasteiger partial charge on any atom is 0.328 e. The van der Waals surface area contributed by atoms with Gasteiger partial charge in [0.1, 0.15) is 5.82 Å². The van der Waals surface area contributed by atoms with Crippen LogP contribution in [0.15, 0.2) is 24.4 Å². The number of pyridine rings is 1. The summed E-state index contributed by atoms with van der Waals surface area (Å²) in [6.45, 7) is 1.05. The van der Waals surface area contributed by atoms with Crippen molar-refractivity contribution in [3.63, 3.8) is 0 Å². The van der Waals surface area contributed by atoms with Crippen molar-refractivity contribution in [2.45, 2.75) is 32.1 Å². The Morgan fingerprint density at radius 1 is 1.40 bits per heavy atom. The first kappa shape index (κ1) is 14.6. The van der Waals surface area contributed by atoms with Crippen LogP contribution in [0, 0.1) is 5.92 Å². The van der Waals surface area contributed by atoms with Gasteiger partial charge in [-0.3, -0.25) is 0 Å². The van der Waals surface area contributed by atoms with Crippen molar-refractivity contribution in [2.24, 2.45) is 5.92 Å². The van der Waals surface area contributed by atoms with E-state index in [-0.39, 0.29) is 0 Å². The van der Waals surface area contributed by atoms with Gasteiger partial charge in [-0.25, -0.2) is 9.78 Å². The Labute approximate surface area is 120 Å². The van der Waals surface area contributed by atoms with Crippen LogP contribution in [0.3, 0.4) is 0 Å². The Balaban J connectivity index is 1.92. The van der Waals surface area contributed by atoms with Gasteiger partial charge in [-0.15, -0.1) is 0 Å². The average molecular weight is 274 g/mol. The molecule has 0 amide bonds. The molecule has 0 spiro atoms. The molecule has 2 rings (SSSR count). The largest absolute Gasteiger partial charge is 0.478 e. The van der Waals surface area contributed by atoms with Crippen LogP contribution < -0.4 is 4.90 Å². The first-order chi connectivity index (χ1) is 9.65. The minimum Gasteiger partial charge on any atom is -0.478 e. The van der Waals surface area contributed by atoms with Crippen LogP contribution >= 0.6 is 0 Å². The summed E-state index contributed by atoms with van der Waals surface area (Å²) in [6.07, 6.45) is 11.1. The number of aliphatic carboxylic acids is 1. The normalized spacial score (nSPS) is 16.4. The van der Waals surface area contributed by atoms with Crippen molar-refractivity contribution in [3.05, 3.63) is 30.0 Å². The molecule has 0 saturated heterocycles. The summed E-state index contributed by atoms with van der Waals surface area (Å²) < 4.78 is 0. The fourth-order valence-electron chi connectivity index (χ4n) is 2.74. The molecule has 1 aliphatic carbocycles. The summed E-state index contributed by atoms with van der Waals surface area (Å²) in [5.74, 6) is 0.786. The van der Waals surface area contributed by atoms with E-state index in [9.17, 15) is 4.79 Å². The minimum absolute atomic E-state index is 0.780. The first-order valence-corrected chi connectivity index (χ1v) is 7.23. The number of hydrogen-bond acceptors (Lipinski definition) is 3. The molecule has 1 N–H and O–H groups in total. The third kappa shape index (κ3) is 4.37. The molecule has 0 aliphatic heterocycles. The molecule has 1 saturated carbocycles. The van der Waals surface area contributed by atoms with Gasteiger partial charge >= 0.3 is 5.97 Å². The first-order valence-electron chi connectivity index (χ1n) is 7.23. The van der Waals surface area contributed by atoms with Crippen LogP contribution in [0.2, 0.25) is 0 Å². The monoisotopic (exact) mass is 274 g/mol. The fraction of sp³-hybridized carbons (Fsp3) is 0.500. The minimum atomic E-state index is -0.941. The van der Waals surface area contributed by atoms with Crippen LogP contribution in [-0.4, -0.2) is 29.7 Å². The number of rotatable bonds is 5. The zero-order valence-electron chi connectivity index (χ0n) is 12.0. The molecule has 4 heteroatoms. The molecule has 1 aliphatic rings. The maximum absolute atomic E-state index is 10.5. The highest BCUT2D eigenvalue weighted by Crippen LogP contribution is 2.25. The van der Waals surface area contributed by atoms with Crippen molar-refractivity contribution in [1.82, 2.24) is 4.98 Å². The Kier molecular flexibility index (Phi) is 5.16. The number of nitrogens with zero attached hydrogens (tertiary/aromatic N) is 2. The summed E-state index contributed by atoms with van der Waals surface area (Å²) in [5, 5.41) is 8.58. The second-order valence-electron chi connectivity index (χ2n) is 5.51. The Bertz CT molecular complexity index is 462. The number of hydrogen-bond donors (Lipinski definition) is 1. The highest BCUT2D eigenvalue weighted by molar-refractivity contribution is 5.85. The van der Waals surface area contributed by atoms with E-state index in [4.69, 9.17) is 5.11 Å². The summed E-state index contributed by atoms with van der Waals surface area (Å²) in [4.78, 5) is 17.1. The number of aromatic nitrogens is 1. The van der Waals surface area contributed by atoms with Crippen LogP contribution in [0.5, 0.6) is 0 Å². The van der Waals surface area contributed by atoms with Gasteiger partial charge in [0.2, 0.25) is 0 Å². The lowest BCUT2D eigenvalue weighted by atomic mass is 9.89. The average Bonchev–Trinajstić information content (AvgIpc) is 2.46. The standard InChI is InChI=1S/C16H22N2O2/c1-18(12-14-5-3-2-4-6-14)15-9-7-13(11-17-15)8-10-16(19)20/h7-11,14H,2-6,12H2,1H3,(H,19,20)/b10-8+. The fourth-order valence-corrected chi connectivity index (χ4v) is 2.74. The van der Waals surface area contributed by atoms with E-state index in [2.05, 4.69) is 16.9 Å². The van der Waals surface area contributed by atoms with Crippen LogP contribution in [0.4, 0.5) is 5.82 Å². The number of anilines is 1. The topological polar surface area (TPSA) is 53.4 Å². The van der Waals surface area contributed by atoms with E-state index < -0.39 is 5.97 Å². The predicted octanol–water partition coefficient (Wildman–Crippen LogP) is 3.20. The summed E-state index contributed by atoms with van der Waals surface area (Å²) in [7, 11) is 2.07. The van der Waals surface area contributed by atoms with Crippen LogP contribution in [0.1, 0.15) is 37.7 Å². The molecule has 0 unspecified atom stereocenters. The van der Waals surface area contributed by atoms with Crippen molar-refractivity contribution in [1.29, 1.82) is 0 Å². The highest BCUT2D eigenvalue weighted by Gasteiger charge is 2.15. The van der Waals surface area contributed by atoms with Crippen molar-refractivity contribution >= 4 is 17.9 Å². The molecule has 1 fully saturated rings. The molecular formula is C16H22N2O2. The molecule has 0 radical (unpaired) electrons. The van der Waals surface area contributed by atoms with Gasteiger partial charge in [0.15, 0.2) is 0 Å². The second-order valence-corrected chi connectivity index (χ2v) is 5.51. The third-order valence-corrected chi connectivity index (χ3v) is 3.84. The zero-order valence-corrected chi connectivity index (χ0v) is 12.0. The third-order valence-electron chi connectivity index (χ3n) is 3.84. The maximum atomic E-state index is 10.5. The summed E-state index contributed by atoms with van der Waals surface area (Å²) in [5.41, 5.74) is 0.808. The Hall–Kier alpha value is -1.84. The van der Waals surface area contributed by atoms with E-state index in [1.54, 1.807) is 12.3 Å². The molecule has 1 aromatic heterocycles. The van der Waals surface area contributed by atoms with Crippen LogP contribution in [0.25, 0.3) is 6.08 Å². The van der Waals surface area contributed by atoms with Gasteiger partial charge in [-0.2, -0.15) is 0 Å². The van der Waals surface area contributed by atoms with Crippen molar-refractivity contribution in [2.75, 3.05) is 18.5 Å². The van der Waals surface area contributed by atoms with Gasteiger partial charge in [0, 0.05) is 25.9 Å². The van der Waals surface area contributed by atoms with Gasteiger partial charge in [-0.05, 0) is 42.5 Å². The molecule has 108 valence electrons. The zero-order chi connectivity index (χ0) is 14.4. The molecule has 0 atom stereocenters. The smallest absolute Gasteiger partial charge is 0.328 e. The molecular weight excluding hydrogens is 252 g/mol. The highest BCUT2D eigenvalue weighted by atomic mass is 16.4. The van der Waals surface area contributed by atoms with E-state index in [1.807, 2.05) is 12.1 Å². The van der Waals surface area contributed by atoms with Crippen molar-refractivity contribution < 1.29 is 9.90 Å². The molecule has 0 aromatic carbocycles. The Morgan fingerprint density at radius 3 is 2.75 bits per heavy atom. The number of carbonyl (C=O) groups is 1. The summed E-state index contributed by atoms with van der Waals surface area (Å²) in [6, 6.07) is 3.85. The van der Waals surface area contributed by atoms with E-state index in [0.29, 0.717) is 0 Å². The van der Waals surface area contributed by atoms with Gasteiger partial charge in [0.05, 0.1) is 0 Å². The van der Waals surface area contributed by atoms with E-state index >= 15 is 0 Å². The van der Waals surface area contributed by atoms with E-state index in [1.165, 1.54) is 32.1 Å². The molecule has 1 aromatic rings.